The third kappa shape index (κ3) is 4.58. The monoisotopic (exact) mass is 400 g/mol. The summed E-state index contributed by atoms with van der Waals surface area (Å²) in [6, 6.07) is 10.1. The molecule has 6 heteroatoms. The largest absolute Gasteiger partial charge is 0.357 e. The van der Waals surface area contributed by atoms with Crippen molar-refractivity contribution in [3.05, 3.63) is 35.5 Å². The Balaban J connectivity index is 1.25. The lowest BCUT2D eigenvalue weighted by Crippen LogP contribution is -2.41. The first-order chi connectivity index (χ1) is 13.7. The number of fused-ring (bicyclic) bond motifs is 1. The molecule has 2 aliphatic rings. The number of carbonyl (C=O) groups is 1. The molecular weight excluding hydrogens is 372 g/mol. The number of rotatable bonds is 6. The van der Waals surface area contributed by atoms with Gasteiger partial charge in [0.25, 0.3) is 0 Å². The third-order valence-corrected chi connectivity index (χ3v) is 6.31. The van der Waals surface area contributed by atoms with Crippen molar-refractivity contribution in [2.45, 2.75) is 32.1 Å². The van der Waals surface area contributed by atoms with Gasteiger partial charge in [-0.2, -0.15) is 0 Å². The van der Waals surface area contributed by atoms with E-state index in [9.17, 15) is 4.79 Å². The molecule has 3 heterocycles. The maximum absolute atomic E-state index is 12.5. The molecule has 0 radical (unpaired) electrons. The molecule has 1 N–H and O–H groups in total. The molecular formula is C22H29ClN4O. The minimum Gasteiger partial charge on any atom is -0.357 e. The van der Waals surface area contributed by atoms with Gasteiger partial charge in [0.05, 0.1) is 0 Å². The molecule has 5 nitrogen and oxygen atoms in total. The zero-order valence-electron chi connectivity index (χ0n) is 16.4. The van der Waals surface area contributed by atoms with Crippen LogP contribution in [0.4, 0.5) is 5.82 Å². The molecule has 0 unspecified atom stereocenters. The highest BCUT2D eigenvalue weighted by Crippen LogP contribution is 2.28. The Morgan fingerprint density at radius 2 is 1.89 bits per heavy atom. The smallest absolute Gasteiger partial charge is 0.223 e. The predicted molar refractivity (Wildman–Crippen MR) is 115 cm³/mol. The van der Waals surface area contributed by atoms with Gasteiger partial charge >= 0.3 is 0 Å². The molecule has 0 atom stereocenters. The average Bonchev–Trinajstić information content (AvgIpc) is 3.25. The van der Waals surface area contributed by atoms with E-state index in [0.717, 1.165) is 62.0 Å². The van der Waals surface area contributed by atoms with Crippen LogP contribution in [0, 0.1) is 5.92 Å². The number of piperidine rings is 1. The van der Waals surface area contributed by atoms with E-state index >= 15 is 0 Å². The van der Waals surface area contributed by atoms with Gasteiger partial charge < -0.3 is 15.1 Å². The summed E-state index contributed by atoms with van der Waals surface area (Å²) in [5.74, 6) is 1.23. The highest BCUT2D eigenvalue weighted by molar-refractivity contribution is 6.34. The molecule has 2 fully saturated rings. The van der Waals surface area contributed by atoms with Crippen molar-refractivity contribution in [1.29, 1.82) is 0 Å². The number of benzene rings is 1. The van der Waals surface area contributed by atoms with Gasteiger partial charge in [-0.3, -0.25) is 4.79 Å². The van der Waals surface area contributed by atoms with Gasteiger partial charge in [-0.05, 0) is 63.2 Å². The summed E-state index contributed by atoms with van der Waals surface area (Å²) in [4.78, 5) is 21.8. The van der Waals surface area contributed by atoms with Crippen LogP contribution in [0.1, 0.15) is 32.1 Å². The number of nitrogens with zero attached hydrogens (tertiary/aromatic N) is 3. The summed E-state index contributed by atoms with van der Waals surface area (Å²) in [6.45, 7) is 6.02. The van der Waals surface area contributed by atoms with Gasteiger partial charge in [-0.1, -0.05) is 35.9 Å². The number of halogens is 1. The van der Waals surface area contributed by atoms with Crippen molar-refractivity contribution in [2.75, 3.05) is 44.2 Å². The first-order valence-corrected chi connectivity index (χ1v) is 10.9. The molecule has 0 aliphatic carbocycles. The van der Waals surface area contributed by atoms with Crippen LogP contribution in [0.15, 0.2) is 30.3 Å². The number of hydrogen-bond acceptors (Lipinski definition) is 4. The predicted octanol–water partition coefficient (Wildman–Crippen LogP) is 3.71. The molecule has 2 aromatic rings. The van der Waals surface area contributed by atoms with E-state index in [2.05, 4.69) is 32.2 Å². The number of likely N-dealkylation sites (tertiary alicyclic amines) is 1. The summed E-state index contributed by atoms with van der Waals surface area (Å²) in [7, 11) is 0. The number of pyridine rings is 1. The van der Waals surface area contributed by atoms with Crippen molar-refractivity contribution in [1.82, 2.24) is 15.2 Å². The Morgan fingerprint density at radius 1 is 1.14 bits per heavy atom. The quantitative estimate of drug-likeness (QED) is 0.593. The van der Waals surface area contributed by atoms with E-state index < -0.39 is 0 Å². The van der Waals surface area contributed by atoms with Crippen molar-refractivity contribution >= 4 is 34.1 Å². The normalized spacial score (nSPS) is 18.7. The molecule has 0 bridgehead atoms. The van der Waals surface area contributed by atoms with Crippen molar-refractivity contribution in [2.24, 2.45) is 5.92 Å². The van der Waals surface area contributed by atoms with Gasteiger partial charge in [0.15, 0.2) is 0 Å². The van der Waals surface area contributed by atoms with Gasteiger partial charge in [0, 0.05) is 30.9 Å². The van der Waals surface area contributed by atoms with Crippen LogP contribution in [-0.4, -0.2) is 55.1 Å². The zero-order chi connectivity index (χ0) is 19.3. The molecule has 150 valence electrons. The fraction of sp³-hybridized carbons (Fsp3) is 0.545. The molecule has 1 amide bonds. The van der Waals surface area contributed by atoms with E-state index in [1.807, 2.05) is 18.2 Å². The van der Waals surface area contributed by atoms with E-state index in [-0.39, 0.29) is 11.8 Å². The molecule has 2 aliphatic heterocycles. The van der Waals surface area contributed by atoms with E-state index in [0.29, 0.717) is 5.15 Å². The second-order valence-electron chi connectivity index (χ2n) is 7.95. The lowest BCUT2D eigenvalue weighted by Gasteiger charge is -2.32. The van der Waals surface area contributed by atoms with Gasteiger partial charge in [-0.25, -0.2) is 4.98 Å². The van der Waals surface area contributed by atoms with Gasteiger partial charge in [0.2, 0.25) is 5.91 Å². The molecule has 2 saturated heterocycles. The van der Waals surface area contributed by atoms with Crippen LogP contribution in [0.5, 0.6) is 0 Å². The first-order valence-electron chi connectivity index (χ1n) is 10.5. The number of aromatic nitrogens is 1. The van der Waals surface area contributed by atoms with Crippen LogP contribution >= 0.6 is 11.6 Å². The maximum atomic E-state index is 12.5. The second-order valence-corrected chi connectivity index (χ2v) is 8.31. The minimum atomic E-state index is 0.110. The molecule has 4 rings (SSSR count). The number of anilines is 1. The van der Waals surface area contributed by atoms with Gasteiger partial charge in [-0.15, -0.1) is 0 Å². The summed E-state index contributed by atoms with van der Waals surface area (Å²) >= 11 is 6.37. The number of nitrogens with one attached hydrogen (secondary N) is 1. The van der Waals surface area contributed by atoms with Crippen molar-refractivity contribution in [3.63, 3.8) is 0 Å². The number of carbonyl (C=O) groups excluding carboxylic acids is 1. The highest BCUT2D eigenvalue weighted by atomic mass is 35.5. The lowest BCUT2D eigenvalue weighted by molar-refractivity contribution is -0.125. The second kappa shape index (κ2) is 9.10. The van der Waals surface area contributed by atoms with Crippen molar-refractivity contribution < 1.29 is 4.79 Å². The SMILES string of the molecule is O=C(NCCCN1CCCC1)C1CCN(c2cc3ccccc3c(Cl)n2)CC1. The zero-order valence-corrected chi connectivity index (χ0v) is 17.1. The van der Waals surface area contributed by atoms with Crippen molar-refractivity contribution in [3.8, 4) is 0 Å². The van der Waals surface area contributed by atoms with Crippen LogP contribution in [-0.2, 0) is 4.79 Å². The summed E-state index contributed by atoms with van der Waals surface area (Å²) in [6.07, 6.45) is 5.42. The summed E-state index contributed by atoms with van der Waals surface area (Å²) in [5, 5.41) is 5.78. The topological polar surface area (TPSA) is 48.5 Å². The molecule has 1 aromatic carbocycles. The molecule has 0 spiro atoms. The first kappa shape index (κ1) is 19.5. The van der Waals surface area contributed by atoms with Crippen LogP contribution in [0.25, 0.3) is 10.8 Å². The van der Waals surface area contributed by atoms with E-state index in [1.54, 1.807) is 0 Å². The minimum absolute atomic E-state index is 0.110. The Hall–Kier alpha value is -1.85. The average molecular weight is 401 g/mol. The summed E-state index contributed by atoms with van der Waals surface area (Å²) in [5.41, 5.74) is 0. The van der Waals surface area contributed by atoms with E-state index in [1.165, 1.54) is 25.9 Å². The fourth-order valence-corrected chi connectivity index (χ4v) is 4.60. The standard InChI is InChI=1S/C22H29ClN4O/c23-21-19-7-2-1-6-18(19)16-20(25-21)27-14-8-17(9-15-27)22(28)24-10-5-13-26-11-3-4-12-26/h1-2,6-7,16-17H,3-5,8-15H2,(H,24,28). The fourth-order valence-electron chi connectivity index (χ4n) is 4.34. The van der Waals surface area contributed by atoms with Crippen LogP contribution < -0.4 is 10.2 Å². The third-order valence-electron chi connectivity index (χ3n) is 6.02. The van der Waals surface area contributed by atoms with Gasteiger partial charge in [0.1, 0.15) is 11.0 Å². The highest BCUT2D eigenvalue weighted by Gasteiger charge is 2.25. The maximum Gasteiger partial charge on any atom is 0.223 e. The molecule has 1 aromatic heterocycles. The molecule has 28 heavy (non-hydrogen) atoms. The van der Waals surface area contributed by atoms with E-state index in [4.69, 9.17) is 11.6 Å². The number of hydrogen-bond donors (Lipinski definition) is 1. The molecule has 0 saturated carbocycles. The van der Waals surface area contributed by atoms with Crippen LogP contribution in [0.2, 0.25) is 5.15 Å². The lowest BCUT2D eigenvalue weighted by atomic mass is 9.95. The number of amides is 1. The Kier molecular flexibility index (Phi) is 6.33. The van der Waals surface area contributed by atoms with Crippen LogP contribution in [0.3, 0.4) is 0 Å². The Bertz CT molecular complexity index is 813. The summed E-state index contributed by atoms with van der Waals surface area (Å²) < 4.78 is 0. The Labute approximate surface area is 172 Å². The Morgan fingerprint density at radius 3 is 2.68 bits per heavy atom.